The summed E-state index contributed by atoms with van der Waals surface area (Å²) < 4.78 is 4.46. The first-order valence-electron chi connectivity index (χ1n) is 2.72. The summed E-state index contributed by atoms with van der Waals surface area (Å²) in [6.45, 7) is 0. The van der Waals surface area contributed by atoms with Crippen LogP contribution < -0.4 is 0 Å². The summed E-state index contributed by atoms with van der Waals surface area (Å²) in [6, 6.07) is 0. The third-order valence-corrected chi connectivity index (χ3v) is 1.31. The van der Waals surface area contributed by atoms with Crippen molar-refractivity contribution in [3.8, 4) is 0 Å². The standard InChI is InChI=1S/C5H6O5/c6-4(7)2-1-3(10-2)5(8)9/h2-3H,1H2,(H,6,7)(H,8,9)/t2-,3+. The van der Waals surface area contributed by atoms with Crippen LogP contribution in [0.1, 0.15) is 6.42 Å². The Balaban J connectivity index is 2.31. The summed E-state index contributed by atoms with van der Waals surface area (Å²) in [5.74, 6) is -2.20. The average Bonchev–Trinajstić information content (AvgIpc) is 1.56. The second kappa shape index (κ2) is 2.26. The number of ether oxygens (including phenoxy) is 1. The number of carbonyl (C=O) groups is 2. The Hall–Kier alpha value is -1.10. The molecular weight excluding hydrogens is 140 g/mol. The molecule has 1 heterocycles. The molecule has 0 aliphatic carbocycles. The van der Waals surface area contributed by atoms with E-state index in [0.717, 1.165) is 0 Å². The number of rotatable bonds is 2. The van der Waals surface area contributed by atoms with E-state index in [-0.39, 0.29) is 6.42 Å². The molecule has 1 aliphatic heterocycles. The molecule has 0 radical (unpaired) electrons. The van der Waals surface area contributed by atoms with E-state index in [1.807, 2.05) is 0 Å². The van der Waals surface area contributed by atoms with Gasteiger partial charge in [-0.15, -0.1) is 0 Å². The Morgan fingerprint density at radius 2 is 1.50 bits per heavy atom. The first-order chi connectivity index (χ1) is 4.61. The molecule has 1 saturated heterocycles. The fourth-order valence-corrected chi connectivity index (χ4v) is 0.700. The van der Waals surface area contributed by atoms with Gasteiger partial charge >= 0.3 is 11.9 Å². The first-order valence-corrected chi connectivity index (χ1v) is 2.72. The van der Waals surface area contributed by atoms with Crippen LogP contribution >= 0.6 is 0 Å². The molecule has 1 rings (SSSR count). The molecule has 0 unspecified atom stereocenters. The topological polar surface area (TPSA) is 83.8 Å². The van der Waals surface area contributed by atoms with Crippen molar-refractivity contribution in [2.75, 3.05) is 0 Å². The van der Waals surface area contributed by atoms with Crippen molar-refractivity contribution in [1.82, 2.24) is 0 Å². The molecule has 0 bridgehead atoms. The molecular formula is C5H6O5. The maximum atomic E-state index is 10.0. The van der Waals surface area contributed by atoms with Crippen LogP contribution in [0.4, 0.5) is 0 Å². The van der Waals surface area contributed by atoms with Gasteiger partial charge in [0.2, 0.25) is 0 Å². The van der Waals surface area contributed by atoms with Crippen molar-refractivity contribution in [3.05, 3.63) is 0 Å². The summed E-state index contributed by atoms with van der Waals surface area (Å²) in [4.78, 5) is 20.1. The lowest BCUT2D eigenvalue weighted by Gasteiger charge is -2.29. The minimum Gasteiger partial charge on any atom is -0.479 e. The molecule has 2 N–H and O–H groups in total. The molecule has 0 aromatic carbocycles. The van der Waals surface area contributed by atoms with Crippen molar-refractivity contribution < 1.29 is 24.5 Å². The summed E-state index contributed by atoms with van der Waals surface area (Å²) in [6.07, 6.45) is -1.76. The zero-order chi connectivity index (χ0) is 7.72. The Labute approximate surface area is 56.2 Å². The highest BCUT2D eigenvalue weighted by Gasteiger charge is 2.39. The molecule has 0 amide bonds. The number of hydrogen-bond donors (Lipinski definition) is 2. The maximum absolute atomic E-state index is 10.0. The van der Waals surface area contributed by atoms with Crippen molar-refractivity contribution in [3.63, 3.8) is 0 Å². The Morgan fingerprint density at radius 3 is 1.70 bits per heavy atom. The fourth-order valence-electron chi connectivity index (χ4n) is 0.700. The molecule has 0 saturated carbocycles. The van der Waals surface area contributed by atoms with Gasteiger partial charge in [-0.1, -0.05) is 0 Å². The quantitative estimate of drug-likeness (QED) is 0.538. The summed E-state index contributed by atoms with van der Waals surface area (Å²) >= 11 is 0. The monoisotopic (exact) mass is 146 g/mol. The van der Waals surface area contributed by atoms with E-state index in [1.54, 1.807) is 0 Å². The zero-order valence-electron chi connectivity index (χ0n) is 4.98. The molecule has 2 atom stereocenters. The van der Waals surface area contributed by atoms with Crippen LogP contribution in [0, 0.1) is 0 Å². The smallest absolute Gasteiger partial charge is 0.332 e. The molecule has 1 aliphatic rings. The fraction of sp³-hybridized carbons (Fsp3) is 0.600. The lowest BCUT2D eigenvalue weighted by molar-refractivity contribution is -0.192. The van der Waals surface area contributed by atoms with Gasteiger partial charge in [-0.25, -0.2) is 9.59 Å². The Kier molecular flexibility index (Phi) is 1.58. The van der Waals surface area contributed by atoms with Gasteiger partial charge in [0.05, 0.1) is 0 Å². The Bertz CT molecular complexity index is 151. The third-order valence-electron chi connectivity index (χ3n) is 1.31. The highest BCUT2D eigenvalue weighted by atomic mass is 16.6. The molecule has 56 valence electrons. The first kappa shape index (κ1) is 7.01. The van der Waals surface area contributed by atoms with Gasteiger partial charge in [0.15, 0.2) is 12.2 Å². The molecule has 1 fully saturated rings. The maximum Gasteiger partial charge on any atom is 0.332 e. The van der Waals surface area contributed by atoms with Gasteiger partial charge < -0.3 is 14.9 Å². The highest BCUT2D eigenvalue weighted by molar-refractivity contribution is 5.79. The van der Waals surface area contributed by atoms with E-state index >= 15 is 0 Å². The molecule has 0 aromatic rings. The van der Waals surface area contributed by atoms with Crippen LogP contribution in [-0.2, 0) is 14.3 Å². The van der Waals surface area contributed by atoms with E-state index in [1.165, 1.54) is 0 Å². The van der Waals surface area contributed by atoms with Crippen LogP contribution in [0.15, 0.2) is 0 Å². The van der Waals surface area contributed by atoms with Crippen molar-refractivity contribution in [2.45, 2.75) is 18.6 Å². The predicted molar refractivity (Wildman–Crippen MR) is 28.5 cm³/mol. The zero-order valence-corrected chi connectivity index (χ0v) is 4.98. The van der Waals surface area contributed by atoms with E-state index in [9.17, 15) is 9.59 Å². The van der Waals surface area contributed by atoms with Gasteiger partial charge in [0.1, 0.15) is 0 Å². The molecule has 0 spiro atoms. The lowest BCUT2D eigenvalue weighted by atomic mass is 10.1. The number of carboxylic acids is 2. The van der Waals surface area contributed by atoms with Crippen LogP contribution in [-0.4, -0.2) is 34.4 Å². The Morgan fingerprint density at radius 1 is 1.20 bits per heavy atom. The van der Waals surface area contributed by atoms with Crippen LogP contribution in [0.2, 0.25) is 0 Å². The van der Waals surface area contributed by atoms with Gasteiger partial charge in [0.25, 0.3) is 0 Å². The third kappa shape index (κ3) is 1.08. The van der Waals surface area contributed by atoms with Gasteiger partial charge in [-0.2, -0.15) is 0 Å². The van der Waals surface area contributed by atoms with Crippen LogP contribution in [0.5, 0.6) is 0 Å². The van der Waals surface area contributed by atoms with Gasteiger partial charge in [0, 0.05) is 6.42 Å². The molecule has 10 heavy (non-hydrogen) atoms. The SMILES string of the molecule is O=C(O)[C@@H]1C[C@H](C(=O)O)O1. The summed E-state index contributed by atoms with van der Waals surface area (Å²) in [7, 11) is 0. The number of carboxylic acid groups (broad SMARTS) is 2. The van der Waals surface area contributed by atoms with E-state index in [2.05, 4.69) is 4.74 Å². The average molecular weight is 146 g/mol. The number of aliphatic carboxylic acids is 2. The minimum absolute atomic E-state index is 0.0741. The van der Waals surface area contributed by atoms with Gasteiger partial charge in [-0.05, 0) is 0 Å². The van der Waals surface area contributed by atoms with Crippen molar-refractivity contribution in [1.29, 1.82) is 0 Å². The summed E-state index contributed by atoms with van der Waals surface area (Å²) in [5.41, 5.74) is 0. The predicted octanol–water partition coefficient (Wildman–Crippen LogP) is -0.687. The van der Waals surface area contributed by atoms with E-state index in [0.29, 0.717) is 0 Å². The van der Waals surface area contributed by atoms with Crippen molar-refractivity contribution >= 4 is 11.9 Å². The summed E-state index contributed by atoms with van der Waals surface area (Å²) in [5, 5.41) is 16.4. The van der Waals surface area contributed by atoms with E-state index < -0.39 is 24.1 Å². The second-order valence-corrected chi connectivity index (χ2v) is 2.03. The molecule has 0 aromatic heterocycles. The largest absolute Gasteiger partial charge is 0.479 e. The van der Waals surface area contributed by atoms with Gasteiger partial charge in [-0.3, -0.25) is 0 Å². The highest BCUT2D eigenvalue weighted by Crippen LogP contribution is 2.20. The van der Waals surface area contributed by atoms with E-state index in [4.69, 9.17) is 10.2 Å². The van der Waals surface area contributed by atoms with Crippen LogP contribution in [0.3, 0.4) is 0 Å². The molecule has 5 nitrogen and oxygen atoms in total. The van der Waals surface area contributed by atoms with Crippen molar-refractivity contribution in [2.24, 2.45) is 0 Å². The normalized spacial score (nSPS) is 30.8. The second-order valence-electron chi connectivity index (χ2n) is 2.03. The number of hydrogen-bond acceptors (Lipinski definition) is 3. The lowest BCUT2D eigenvalue weighted by Crippen LogP contribution is -2.47. The minimum atomic E-state index is -1.10. The van der Waals surface area contributed by atoms with Crippen LogP contribution in [0.25, 0.3) is 0 Å². The molecule has 5 heteroatoms.